The van der Waals surface area contributed by atoms with Crippen LogP contribution < -0.4 is 20.9 Å². The highest BCUT2D eigenvalue weighted by atomic mass is 19.1. The lowest BCUT2D eigenvalue weighted by atomic mass is 10.1. The molecule has 10 nitrogen and oxygen atoms in total. The molecule has 0 unspecified atom stereocenters. The molecule has 1 saturated heterocycles. The first-order chi connectivity index (χ1) is 19.0. The van der Waals surface area contributed by atoms with Crippen molar-refractivity contribution in [3.63, 3.8) is 0 Å². The molecule has 3 heterocycles. The number of halogens is 1. The summed E-state index contributed by atoms with van der Waals surface area (Å²) < 4.78 is 25.7. The van der Waals surface area contributed by atoms with Crippen molar-refractivity contribution in [3.8, 4) is 5.75 Å². The molecule has 1 aliphatic rings. The van der Waals surface area contributed by atoms with Gasteiger partial charge < -0.3 is 24.9 Å². The first kappa shape index (κ1) is 25.9. The Hall–Kier alpha value is -4.77. The number of nitrogens with zero attached hydrogens (tertiary/aromatic N) is 4. The Balaban J connectivity index is 1.45. The SMILES string of the molecule is N/C(Cc1ccc(F)cc1)=N/OC(=O)c1nc2ccc(N3CCOCC3)cn2c(=O)c1OCc1ccccc1. The summed E-state index contributed by atoms with van der Waals surface area (Å²) >= 11 is 0. The topological polar surface area (TPSA) is 121 Å². The smallest absolute Gasteiger partial charge is 0.388 e. The van der Waals surface area contributed by atoms with Gasteiger partial charge in [0.1, 0.15) is 23.9 Å². The molecule has 0 saturated carbocycles. The Kier molecular flexibility index (Phi) is 7.78. The van der Waals surface area contributed by atoms with E-state index in [1.807, 2.05) is 36.4 Å². The number of nitrogens with two attached hydrogens (primary N) is 1. The van der Waals surface area contributed by atoms with Gasteiger partial charge in [-0.2, -0.15) is 0 Å². The molecule has 5 rings (SSSR count). The molecule has 0 bridgehead atoms. The number of hydrogen-bond donors (Lipinski definition) is 1. The Morgan fingerprint density at radius 3 is 2.51 bits per heavy atom. The molecule has 0 atom stereocenters. The normalized spacial score (nSPS) is 13.9. The third kappa shape index (κ3) is 6.21. The van der Waals surface area contributed by atoms with Gasteiger partial charge in [0.25, 0.3) is 0 Å². The van der Waals surface area contributed by atoms with Crippen LogP contribution in [0.4, 0.5) is 10.1 Å². The van der Waals surface area contributed by atoms with E-state index >= 15 is 0 Å². The fourth-order valence-corrected chi connectivity index (χ4v) is 4.11. The van der Waals surface area contributed by atoms with Crippen LogP contribution in [-0.4, -0.2) is 47.5 Å². The molecule has 200 valence electrons. The summed E-state index contributed by atoms with van der Waals surface area (Å²) in [5, 5.41) is 3.69. The van der Waals surface area contributed by atoms with Crippen molar-refractivity contribution in [3.05, 3.63) is 106 Å². The fraction of sp³-hybridized carbons (Fsp3) is 0.214. The Labute approximate surface area is 223 Å². The lowest BCUT2D eigenvalue weighted by Crippen LogP contribution is -2.36. The molecule has 39 heavy (non-hydrogen) atoms. The predicted octanol–water partition coefficient (Wildman–Crippen LogP) is 2.92. The Bertz CT molecular complexity index is 1550. The summed E-state index contributed by atoms with van der Waals surface area (Å²) in [5.41, 5.74) is 7.53. The van der Waals surface area contributed by atoms with Gasteiger partial charge in [0.2, 0.25) is 11.4 Å². The zero-order valence-electron chi connectivity index (χ0n) is 21.0. The number of amidine groups is 1. The van der Waals surface area contributed by atoms with Crippen molar-refractivity contribution < 1.29 is 23.5 Å². The van der Waals surface area contributed by atoms with Gasteiger partial charge in [0.15, 0.2) is 0 Å². The first-order valence-corrected chi connectivity index (χ1v) is 12.3. The summed E-state index contributed by atoms with van der Waals surface area (Å²) in [6, 6.07) is 18.4. The third-order valence-corrected chi connectivity index (χ3v) is 6.11. The highest BCUT2D eigenvalue weighted by Gasteiger charge is 2.24. The van der Waals surface area contributed by atoms with E-state index in [4.69, 9.17) is 20.0 Å². The van der Waals surface area contributed by atoms with E-state index in [0.29, 0.717) is 31.9 Å². The minimum atomic E-state index is -1.00. The number of pyridine rings is 1. The molecule has 11 heteroatoms. The number of carbonyl (C=O) groups is 1. The van der Waals surface area contributed by atoms with Crippen molar-refractivity contribution >= 4 is 23.1 Å². The largest absolute Gasteiger partial charge is 0.481 e. The number of ether oxygens (including phenoxy) is 2. The fourth-order valence-electron chi connectivity index (χ4n) is 4.11. The summed E-state index contributed by atoms with van der Waals surface area (Å²) in [4.78, 5) is 38.1. The number of aromatic nitrogens is 2. The van der Waals surface area contributed by atoms with Gasteiger partial charge in [-0.15, -0.1) is 0 Å². The molecule has 0 radical (unpaired) electrons. The Morgan fingerprint density at radius 1 is 1.03 bits per heavy atom. The summed E-state index contributed by atoms with van der Waals surface area (Å²) in [6.45, 7) is 2.58. The number of benzene rings is 2. The number of rotatable bonds is 8. The van der Waals surface area contributed by atoms with Crippen LogP contribution in [0.3, 0.4) is 0 Å². The van der Waals surface area contributed by atoms with E-state index < -0.39 is 11.5 Å². The molecule has 0 aliphatic carbocycles. The second kappa shape index (κ2) is 11.7. The second-order valence-electron chi connectivity index (χ2n) is 8.85. The molecule has 0 amide bonds. The van der Waals surface area contributed by atoms with Crippen LogP contribution >= 0.6 is 0 Å². The van der Waals surface area contributed by atoms with Crippen LogP contribution in [0.1, 0.15) is 21.6 Å². The average molecular weight is 532 g/mol. The number of oxime groups is 1. The molecule has 2 aromatic heterocycles. The minimum absolute atomic E-state index is 0.0191. The highest BCUT2D eigenvalue weighted by molar-refractivity contribution is 5.91. The van der Waals surface area contributed by atoms with Crippen LogP contribution in [-0.2, 0) is 22.6 Å². The summed E-state index contributed by atoms with van der Waals surface area (Å²) in [6.07, 6.45) is 1.79. The summed E-state index contributed by atoms with van der Waals surface area (Å²) in [5.74, 6) is -1.67. The van der Waals surface area contributed by atoms with E-state index in [1.165, 1.54) is 16.5 Å². The molecular formula is C28H26FN5O5. The van der Waals surface area contributed by atoms with E-state index in [9.17, 15) is 14.0 Å². The molecule has 0 spiro atoms. The molecule has 2 N–H and O–H groups in total. The lowest BCUT2D eigenvalue weighted by molar-refractivity contribution is 0.0502. The third-order valence-electron chi connectivity index (χ3n) is 6.11. The zero-order chi connectivity index (χ0) is 27.2. The molecular weight excluding hydrogens is 505 g/mol. The molecule has 1 aliphatic heterocycles. The zero-order valence-corrected chi connectivity index (χ0v) is 21.0. The van der Waals surface area contributed by atoms with Gasteiger partial charge in [-0.05, 0) is 35.4 Å². The lowest BCUT2D eigenvalue weighted by Gasteiger charge is -2.28. The number of anilines is 1. The van der Waals surface area contributed by atoms with Crippen LogP contribution in [0, 0.1) is 5.82 Å². The molecule has 1 fully saturated rings. The van der Waals surface area contributed by atoms with Crippen molar-refractivity contribution in [2.24, 2.45) is 10.9 Å². The van der Waals surface area contributed by atoms with Gasteiger partial charge in [-0.1, -0.05) is 47.6 Å². The van der Waals surface area contributed by atoms with Crippen molar-refractivity contribution in [1.82, 2.24) is 9.38 Å². The number of morpholine rings is 1. The maximum absolute atomic E-state index is 13.6. The molecule has 2 aromatic carbocycles. The van der Waals surface area contributed by atoms with Crippen molar-refractivity contribution in [2.45, 2.75) is 13.0 Å². The van der Waals surface area contributed by atoms with Crippen molar-refractivity contribution in [2.75, 3.05) is 31.2 Å². The van der Waals surface area contributed by atoms with E-state index in [1.54, 1.807) is 24.4 Å². The summed E-state index contributed by atoms with van der Waals surface area (Å²) in [7, 11) is 0. The highest BCUT2D eigenvalue weighted by Crippen LogP contribution is 2.20. The molecule has 4 aromatic rings. The van der Waals surface area contributed by atoms with E-state index in [0.717, 1.165) is 11.3 Å². The van der Waals surface area contributed by atoms with Crippen LogP contribution in [0.5, 0.6) is 5.75 Å². The number of hydrogen-bond acceptors (Lipinski definition) is 8. The van der Waals surface area contributed by atoms with Gasteiger partial charge in [0.05, 0.1) is 18.9 Å². The Morgan fingerprint density at radius 2 is 1.77 bits per heavy atom. The maximum atomic E-state index is 13.6. The van der Waals surface area contributed by atoms with Gasteiger partial charge in [-0.25, -0.2) is 14.2 Å². The maximum Gasteiger partial charge on any atom is 0.388 e. The number of carbonyl (C=O) groups excluding carboxylic acids is 1. The van der Waals surface area contributed by atoms with Crippen molar-refractivity contribution in [1.29, 1.82) is 0 Å². The van der Waals surface area contributed by atoms with Gasteiger partial charge >= 0.3 is 11.5 Å². The van der Waals surface area contributed by atoms with Crippen LogP contribution in [0.15, 0.2) is 82.9 Å². The average Bonchev–Trinajstić information content (AvgIpc) is 2.97. The van der Waals surface area contributed by atoms with E-state index in [-0.39, 0.29) is 41.8 Å². The quantitative estimate of drug-likeness (QED) is 0.160. The predicted molar refractivity (Wildman–Crippen MR) is 142 cm³/mol. The second-order valence-corrected chi connectivity index (χ2v) is 8.85. The van der Waals surface area contributed by atoms with Gasteiger partial charge in [-0.3, -0.25) is 9.20 Å². The van der Waals surface area contributed by atoms with Crippen LogP contribution in [0.2, 0.25) is 0 Å². The van der Waals surface area contributed by atoms with E-state index in [2.05, 4.69) is 15.0 Å². The first-order valence-electron chi connectivity index (χ1n) is 12.3. The number of fused-ring (bicyclic) bond motifs is 1. The van der Waals surface area contributed by atoms with Crippen LogP contribution in [0.25, 0.3) is 5.65 Å². The van der Waals surface area contributed by atoms with Gasteiger partial charge in [0, 0.05) is 25.7 Å². The minimum Gasteiger partial charge on any atom is -0.481 e. The standard InChI is InChI=1S/C28H26FN5O5/c29-21-8-6-19(7-9-21)16-23(30)32-39-28(36)25-26(38-18-20-4-2-1-3-5-20)27(35)34-17-22(10-11-24(34)31-25)33-12-14-37-15-13-33/h1-11,17H,12-16,18H2,(H2,30,32). The monoisotopic (exact) mass is 531 g/mol.